The van der Waals surface area contributed by atoms with Crippen LogP contribution in [-0.4, -0.2) is 25.0 Å². The standard InChI is InChI=1S/C19H38N2O/c1-2-3-4-5-6-7-8-9-10-11-12-13-14-19(22)21-18-15-16-20-17-18/h18,20H,2-17H2,1H3,(H,21,22)/t18-/m0/s1. The minimum Gasteiger partial charge on any atom is -0.352 e. The molecule has 2 N–H and O–H groups in total. The molecule has 1 aliphatic rings. The molecule has 3 nitrogen and oxygen atoms in total. The third-order valence-corrected chi connectivity index (χ3v) is 4.68. The fraction of sp³-hybridized carbons (Fsp3) is 0.947. The summed E-state index contributed by atoms with van der Waals surface area (Å²) in [6.07, 6.45) is 18.0. The van der Waals surface area contributed by atoms with Crippen LogP contribution < -0.4 is 10.6 Å². The number of unbranched alkanes of at least 4 members (excludes halogenated alkanes) is 11. The van der Waals surface area contributed by atoms with Crippen molar-refractivity contribution in [3.63, 3.8) is 0 Å². The van der Waals surface area contributed by atoms with E-state index in [0.717, 1.165) is 25.9 Å². The highest BCUT2D eigenvalue weighted by Crippen LogP contribution is 2.12. The molecule has 0 aliphatic carbocycles. The quantitative estimate of drug-likeness (QED) is 0.462. The summed E-state index contributed by atoms with van der Waals surface area (Å²) >= 11 is 0. The van der Waals surface area contributed by atoms with Crippen LogP contribution in [0.15, 0.2) is 0 Å². The van der Waals surface area contributed by atoms with Crippen LogP contribution in [-0.2, 0) is 4.79 Å². The van der Waals surface area contributed by atoms with E-state index in [9.17, 15) is 4.79 Å². The molecule has 1 saturated heterocycles. The van der Waals surface area contributed by atoms with E-state index in [1.165, 1.54) is 70.6 Å². The lowest BCUT2D eigenvalue weighted by Crippen LogP contribution is -2.35. The lowest BCUT2D eigenvalue weighted by atomic mass is 10.0. The van der Waals surface area contributed by atoms with Crippen molar-refractivity contribution in [3.05, 3.63) is 0 Å². The van der Waals surface area contributed by atoms with E-state index in [1.807, 2.05) is 0 Å². The Morgan fingerprint density at radius 2 is 1.45 bits per heavy atom. The van der Waals surface area contributed by atoms with Crippen LogP contribution in [0.5, 0.6) is 0 Å². The lowest BCUT2D eigenvalue weighted by Gasteiger charge is -2.10. The van der Waals surface area contributed by atoms with E-state index in [1.54, 1.807) is 0 Å². The summed E-state index contributed by atoms with van der Waals surface area (Å²) in [7, 11) is 0. The Kier molecular flexibility index (Phi) is 12.4. The van der Waals surface area contributed by atoms with Crippen molar-refractivity contribution in [2.24, 2.45) is 0 Å². The van der Waals surface area contributed by atoms with E-state index in [2.05, 4.69) is 17.6 Å². The molecule has 22 heavy (non-hydrogen) atoms. The van der Waals surface area contributed by atoms with Gasteiger partial charge in [-0.2, -0.15) is 0 Å². The second-order valence-electron chi connectivity index (χ2n) is 6.90. The molecule has 0 aromatic carbocycles. The fourth-order valence-electron chi connectivity index (χ4n) is 3.20. The van der Waals surface area contributed by atoms with Crippen LogP contribution in [0.1, 0.15) is 96.8 Å². The third-order valence-electron chi connectivity index (χ3n) is 4.68. The summed E-state index contributed by atoms with van der Waals surface area (Å²) in [6.45, 7) is 4.27. The van der Waals surface area contributed by atoms with E-state index in [4.69, 9.17) is 0 Å². The summed E-state index contributed by atoms with van der Waals surface area (Å²) < 4.78 is 0. The van der Waals surface area contributed by atoms with E-state index in [-0.39, 0.29) is 5.91 Å². The zero-order chi connectivity index (χ0) is 15.9. The topological polar surface area (TPSA) is 41.1 Å². The van der Waals surface area contributed by atoms with Gasteiger partial charge < -0.3 is 10.6 Å². The highest BCUT2D eigenvalue weighted by Gasteiger charge is 2.15. The lowest BCUT2D eigenvalue weighted by molar-refractivity contribution is -0.121. The average Bonchev–Trinajstić information content (AvgIpc) is 3.01. The Morgan fingerprint density at radius 3 is 1.95 bits per heavy atom. The number of rotatable bonds is 14. The van der Waals surface area contributed by atoms with Gasteiger partial charge in [0.2, 0.25) is 5.91 Å². The Hall–Kier alpha value is -0.570. The Morgan fingerprint density at radius 1 is 0.909 bits per heavy atom. The molecule has 130 valence electrons. The van der Waals surface area contributed by atoms with Crippen LogP contribution in [0.2, 0.25) is 0 Å². The summed E-state index contributed by atoms with van der Waals surface area (Å²) in [5.41, 5.74) is 0. The molecule has 1 amide bonds. The van der Waals surface area contributed by atoms with E-state index < -0.39 is 0 Å². The Balaban J connectivity index is 1.75. The number of hydrogen-bond donors (Lipinski definition) is 2. The average molecular weight is 311 g/mol. The number of carbonyl (C=O) groups is 1. The molecule has 0 spiro atoms. The van der Waals surface area contributed by atoms with Gasteiger partial charge in [0.15, 0.2) is 0 Å². The zero-order valence-corrected chi connectivity index (χ0v) is 14.8. The second kappa shape index (κ2) is 14.0. The largest absolute Gasteiger partial charge is 0.352 e. The Bertz CT molecular complexity index is 262. The second-order valence-corrected chi connectivity index (χ2v) is 6.90. The summed E-state index contributed by atoms with van der Waals surface area (Å²) in [6, 6.07) is 0.379. The summed E-state index contributed by atoms with van der Waals surface area (Å²) in [5.74, 6) is 0.251. The summed E-state index contributed by atoms with van der Waals surface area (Å²) in [5, 5.41) is 6.39. The molecule has 1 atom stereocenters. The first-order valence-electron chi connectivity index (χ1n) is 9.83. The predicted molar refractivity (Wildman–Crippen MR) is 95.1 cm³/mol. The molecule has 0 bridgehead atoms. The van der Waals surface area contributed by atoms with Gasteiger partial charge in [-0.1, -0.05) is 77.6 Å². The number of amides is 1. The van der Waals surface area contributed by atoms with E-state index in [0.29, 0.717) is 12.5 Å². The minimum absolute atomic E-state index is 0.251. The van der Waals surface area contributed by atoms with Gasteiger partial charge in [0.25, 0.3) is 0 Å². The monoisotopic (exact) mass is 310 g/mol. The normalized spacial score (nSPS) is 17.8. The van der Waals surface area contributed by atoms with Crippen LogP contribution >= 0.6 is 0 Å². The molecule has 1 aliphatic heterocycles. The maximum absolute atomic E-state index is 11.7. The SMILES string of the molecule is CCCCCCCCCCCCCCC(=O)N[C@H]1CCNC1. The van der Waals surface area contributed by atoms with Crippen LogP contribution in [0.3, 0.4) is 0 Å². The molecule has 0 saturated carbocycles. The van der Waals surface area contributed by atoms with Gasteiger partial charge in [0.1, 0.15) is 0 Å². The number of hydrogen-bond acceptors (Lipinski definition) is 2. The summed E-state index contributed by atoms with van der Waals surface area (Å²) in [4.78, 5) is 11.7. The first kappa shape index (κ1) is 19.5. The van der Waals surface area contributed by atoms with Gasteiger partial charge >= 0.3 is 0 Å². The molecular formula is C19H38N2O. The molecule has 0 aromatic heterocycles. The molecule has 0 unspecified atom stereocenters. The van der Waals surface area contributed by atoms with Crippen molar-refractivity contribution >= 4 is 5.91 Å². The molecule has 0 aromatic rings. The van der Waals surface area contributed by atoms with Gasteiger partial charge in [-0.15, -0.1) is 0 Å². The van der Waals surface area contributed by atoms with Gasteiger partial charge in [-0.25, -0.2) is 0 Å². The fourth-order valence-corrected chi connectivity index (χ4v) is 3.20. The first-order chi connectivity index (χ1) is 10.8. The number of carbonyl (C=O) groups excluding carboxylic acids is 1. The molecular weight excluding hydrogens is 272 g/mol. The van der Waals surface area contributed by atoms with Crippen molar-refractivity contribution in [2.75, 3.05) is 13.1 Å². The van der Waals surface area contributed by atoms with Crippen molar-refractivity contribution in [2.45, 2.75) is 103 Å². The highest BCUT2D eigenvalue weighted by molar-refractivity contribution is 5.76. The predicted octanol–water partition coefficient (Wildman–Crippen LogP) is 4.56. The van der Waals surface area contributed by atoms with Crippen molar-refractivity contribution in [1.29, 1.82) is 0 Å². The van der Waals surface area contributed by atoms with E-state index >= 15 is 0 Å². The zero-order valence-electron chi connectivity index (χ0n) is 14.8. The number of nitrogens with one attached hydrogen (secondary N) is 2. The van der Waals surface area contributed by atoms with Crippen LogP contribution in [0.25, 0.3) is 0 Å². The molecule has 1 rings (SSSR count). The molecule has 1 fully saturated rings. The van der Waals surface area contributed by atoms with Gasteiger partial charge in [0, 0.05) is 19.0 Å². The first-order valence-corrected chi connectivity index (χ1v) is 9.83. The van der Waals surface area contributed by atoms with Crippen LogP contribution in [0.4, 0.5) is 0 Å². The van der Waals surface area contributed by atoms with Gasteiger partial charge in [0.05, 0.1) is 0 Å². The molecule has 0 radical (unpaired) electrons. The Labute approximate surface area is 138 Å². The maximum atomic E-state index is 11.7. The highest BCUT2D eigenvalue weighted by atomic mass is 16.1. The van der Waals surface area contributed by atoms with Gasteiger partial charge in [-0.05, 0) is 19.4 Å². The third kappa shape index (κ3) is 11.1. The minimum atomic E-state index is 0.251. The smallest absolute Gasteiger partial charge is 0.220 e. The van der Waals surface area contributed by atoms with Crippen molar-refractivity contribution in [1.82, 2.24) is 10.6 Å². The van der Waals surface area contributed by atoms with Crippen LogP contribution in [0, 0.1) is 0 Å². The molecule has 3 heteroatoms. The molecule has 1 heterocycles. The maximum Gasteiger partial charge on any atom is 0.220 e. The van der Waals surface area contributed by atoms with Crippen molar-refractivity contribution in [3.8, 4) is 0 Å². The van der Waals surface area contributed by atoms with Gasteiger partial charge in [-0.3, -0.25) is 4.79 Å². The van der Waals surface area contributed by atoms with Crippen molar-refractivity contribution < 1.29 is 4.79 Å².